The van der Waals surface area contributed by atoms with E-state index in [1.165, 1.54) is 6.07 Å². The van der Waals surface area contributed by atoms with Crippen molar-refractivity contribution >= 4 is 28.9 Å². The Hall–Kier alpha value is -0.630. The van der Waals surface area contributed by atoms with Gasteiger partial charge in [0.1, 0.15) is 9.39 Å². The van der Waals surface area contributed by atoms with Gasteiger partial charge in [0, 0.05) is 6.54 Å². The lowest BCUT2D eigenvalue weighted by Crippen LogP contribution is -2.08. The number of aldehydes is 1. The lowest BCUT2D eigenvalue weighted by atomic mass is 10.1. The molecule has 1 aromatic heterocycles. The van der Waals surface area contributed by atoms with E-state index in [0.29, 0.717) is 9.99 Å². The van der Waals surface area contributed by atoms with Gasteiger partial charge in [-0.25, -0.2) is 13.8 Å². The first-order chi connectivity index (χ1) is 6.60. The molecule has 0 aliphatic rings. The molecule has 1 rings (SSSR count). The number of alkyl halides is 2. The minimum absolute atomic E-state index is 0.0287. The maximum absolute atomic E-state index is 12.5. The number of nitrogens with zero attached hydrogens (tertiary/aromatic N) is 1. The van der Waals surface area contributed by atoms with Gasteiger partial charge in [0.15, 0.2) is 6.29 Å². The first-order valence-electron chi connectivity index (χ1n) is 3.72. The summed E-state index contributed by atoms with van der Waals surface area (Å²) >= 11 is 1.85. The lowest BCUT2D eigenvalue weighted by molar-refractivity contribution is 0.110. The highest BCUT2D eigenvalue weighted by Crippen LogP contribution is 2.25. The van der Waals surface area contributed by atoms with E-state index in [-0.39, 0.29) is 23.4 Å². The molecule has 76 valence electrons. The molecule has 0 saturated heterocycles. The summed E-state index contributed by atoms with van der Waals surface area (Å²) in [5.41, 5.74) is 4.98. The fourth-order valence-electron chi connectivity index (χ4n) is 1.10. The second-order valence-electron chi connectivity index (χ2n) is 2.53. The first-order valence-corrected chi connectivity index (χ1v) is 4.80. The number of carbonyl (C=O) groups is 1. The van der Waals surface area contributed by atoms with Gasteiger partial charge >= 0.3 is 0 Å². The van der Waals surface area contributed by atoms with Gasteiger partial charge in [-0.2, -0.15) is 0 Å². The molecule has 0 bridgehead atoms. The predicted molar refractivity (Wildman–Crippen MR) is 55.2 cm³/mol. The number of nitrogens with two attached hydrogens (primary N) is 1. The molecule has 0 amide bonds. The minimum atomic E-state index is -2.72. The zero-order valence-corrected chi connectivity index (χ0v) is 9.16. The van der Waals surface area contributed by atoms with E-state index in [1.807, 2.05) is 22.6 Å². The summed E-state index contributed by atoms with van der Waals surface area (Å²) in [7, 11) is 0. The summed E-state index contributed by atoms with van der Waals surface area (Å²) in [5, 5.41) is 0. The van der Waals surface area contributed by atoms with Gasteiger partial charge in [0.05, 0.1) is 5.56 Å². The van der Waals surface area contributed by atoms with Gasteiger partial charge in [-0.05, 0) is 34.2 Å². The van der Waals surface area contributed by atoms with Crippen molar-refractivity contribution in [3.8, 4) is 0 Å². The van der Waals surface area contributed by atoms with Crippen molar-refractivity contribution in [2.75, 3.05) is 0 Å². The Morgan fingerprint density at radius 1 is 1.64 bits per heavy atom. The quantitative estimate of drug-likeness (QED) is 0.527. The summed E-state index contributed by atoms with van der Waals surface area (Å²) in [6.45, 7) is -0.0287. The fraction of sp³-hybridized carbons (Fsp3) is 0.250. The van der Waals surface area contributed by atoms with Crippen LogP contribution in [0.3, 0.4) is 0 Å². The van der Waals surface area contributed by atoms with Gasteiger partial charge < -0.3 is 5.73 Å². The number of hydrogen-bond donors (Lipinski definition) is 1. The topological polar surface area (TPSA) is 56.0 Å². The molecule has 0 unspecified atom stereocenters. The van der Waals surface area contributed by atoms with Crippen LogP contribution in [-0.4, -0.2) is 11.3 Å². The molecule has 14 heavy (non-hydrogen) atoms. The van der Waals surface area contributed by atoms with Gasteiger partial charge in [0.2, 0.25) is 0 Å². The lowest BCUT2D eigenvalue weighted by Gasteiger charge is -2.09. The number of pyridine rings is 1. The molecular weight excluding hydrogens is 305 g/mol. The van der Waals surface area contributed by atoms with E-state index in [0.717, 1.165) is 0 Å². The van der Waals surface area contributed by atoms with Crippen molar-refractivity contribution in [3.05, 3.63) is 26.6 Å². The maximum atomic E-state index is 12.5. The normalized spacial score (nSPS) is 10.6. The van der Waals surface area contributed by atoms with Crippen LogP contribution in [0, 0.1) is 3.70 Å². The van der Waals surface area contributed by atoms with Crippen LogP contribution in [-0.2, 0) is 6.54 Å². The summed E-state index contributed by atoms with van der Waals surface area (Å²) < 4.78 is 25.6. The Morgan fingerprint density at radius 3 is 2.71 bits per heavy atom. The fourth-order valence-corrected chi connectivity index (χ4v) is 1.74. The third kappa shape index (κ3) is 2.24. The molecule has 1 aromatic rings. The van der Waals surface area contributed by atoms with Gasteiger partial charge in [-0.15, -0.1) is 0 Å². The molecular formula is C8H7F2IN2O. The molecule has 3 nitrogen and oxygen atoms in total. The second kappa shape index (κ2) is 4.74. The largest absolute Gasteiger partial charge is 0.326 e. The summed E-state index contributed by atoms with van der Waals surface area (Å²) in [5.74, 6) is 0. The van der Waals surface area contributed by atoms with Gasteiger partial charge in [-0.1, -0.05) is 0 Å². The minimum Gasteiger partial charge on any atom is -0.326 e. The molecule has 0 radical (unpaired) electrons. The second-order valence-corrected chi connectivity index (χ2v) is 3.63. The molecule has 0 aromatic carbocycles. The Labute approximate surface area is 92.8 Å². The number of rotatable bonds is 3. The van der Waals surface area contributed by atoms with Crippen LogP contribution in [0.1, 0.15) is 28.0 Å². The summed E-state index contributed by atoms with van der Waals surface area (Å²) in [4.78, 5) is 14.2. The monoisotopic (exact) mass is 312 g/mol. The zero-order chi connectivity index (χ0) is 10.7. The van der Waals surface area contributed by atoms with Gasteiger partial charge in [-0.3, -0.25) is 4.79 Å². The van der Waals surface area contributed by atoms with E-state index >= 15 is 0 Å². The molecule has 0 aliphatic carbocycles. The van der Waals surface area contributed by atoms with Crippen LogP contribution in [0.25, 0.3) is 0 Å². The van der Waals surface area contributed by atoms with E-state index in [2.05, 4.69) is 4.98 Å². The molecule has 0 fully saturated rings. The average Bonchev–Trinajstić information content (AvgIpc) is 2.15. The number of aromatic nitrogens is 1. The van der Waals surface area contributed by atoms with Crippen molar-refractivity contribution in [2.24, 2.45) is 5.73 Å². The van der Waals surface area contributed by atoms with E-state index in [4.69, 9.17) is 5.73 Å². The number of hydrogen-bond acceptors (Lipinski definition) is 3. The third-order valence-electron chi connectivity index (χ3n) is 1.69. The summed E-state index contributed by atoms with van der Waals surface area (Å²) in [6.07, 6.45) is -2.40. The smallest absolute Gasteiger partial charge is 0.266 e. The highest BCUT2D eigenvalue weighted by Gasteiger charge is 2.18. The SMILES string of the molecule is NCc1cc(I)nc(C=O)c1C(F)F. The van der Waals surface area contributed by atoms with Crippen molar-refractivity contribution in [1.29, 1.82) is 0 Å². The van der Waals surface area contributed by atoms with Crippen LogP contribution >= 0.6 is 22.6 Å². The molecule has 1 heterocycles. The number of halogens is 3. The van der Waals surface area contributed by atoms with E-state index in [9.17, 15) is 13.6 Å². The van der Waals surface area contributed by atoms with Crippen molar-refractivity contribution in [2.45, 2.75) is 13.0 Å². The molecule has 0 atom stereocenters. The average molecular weight is 312 g/mol. The standard InChI is InChI=1S/C8H7F2IN2O/c9-8(10)7-4(2-12)1-6(11)13-5(7)3-14/h1,3,8H,2,12H2. The Bertz CT molecular complexity index is 357. The molecule has 2 N–H and O–H groups in total. The first kappa shape index (κ1) is 11.4. The zero-order valence-electron chi connectivity index (χ0n) is 7.01. The maximum Gasteiger partial charge on any atom is 0.266 e. The van der Waals surface area contributed by atoms with Crippen LogP contribution < -0.4 is 5.73 Å². The molecule has 0 spiro atoms. The van der Waals surface area contributed by atoms with Crippen LogP contribution in [0.4, 0.5) is 8.78 Å². The van der Waals surface area contributed by atoms with Crippen LogP contribution in [0.5, 0.6) is 0 Å². The Kier molecular flexibility index (Phi) is 3.87. The van der Waals surface area contributed by atoms with Crippen LogP contribution in [0.2, 0.25) is 0 Å². The third-order valence-corrected chi connectivity index (χ3v) is 2.24. The van der Waals surface area contributed by atoms with Crippen molar-refractivity contribution < 1.29 is 13.6 Å². The van der Waals surface area contributed by atoms with E-state index < -0.39 is 6.43 Å². The van der Waals surface area contributed by atoms with Gasteiger partial charge in [0.25, 0.3) is 6.43 Å². The van der Waals surface area contributed by atoms with Crippen molar-refractivity contribution in [1.82, 2.24) is 4.98 Å². The molecule has 0 aliphatic heterocycles. The summed E-state index contributed by atoms with van der Waals surface area (Å²) in [6, 6.07) is 1.45. The Balaban J connectivity index is 3.40. The molecule has 0 saturated carbocycles. The highest BCUT2D eigenvalue weighted by molar-refractivity contribution is 14.1. The van der Waals surface area contributed by atoms with Crippen molar-refractivity contribution in [3.63, 3.8) is 0 Å². The Morgan fingerprint density at radius 2 is 2.29 bits per heavy atom. The van der Waals surface area contributed by atoms with E-state index in [1.54, 1.807) is 0 Å². The molecule has 6 heteroatoms. The number of carbonyl (C=O) groups excluding carboxylic acids is 1. The predicted octanol–water partition coefficient (Wildman–Crippen LogP) is 1.90. The highest BCUT2D eigenvalue weighted by atomic mass is 127. The van der Waals surface area contributed by atoms with Crippen LogP contribution in [0.15, 0.2) is 6.07 Å².